The van der Waals surface area contributed by atoms with Crippen molar-refractivity contribution in [2.24, 2.45) is 0 Å². The molecule has 92 valence electrons. The Morgan fingerprint density at radius 1 is 1.39 bits per heavy atom. The lowest BCUT2D eigenvalue weighted by atomic mass is 10.1. The Bertz CT molecular complexity index is 637. The number of nitrogens with two attached hydrogens (primary N) is 1. The molecule has 0 amide bonds. The highest BCUT2D eigenvalue weighted by Gasteiger charge is 2.09. The molecule has 5 heteroatoms. The molecule has 0 saturated carbocycles. The van der Waals surface area contributed by atoms with Gasteiger partial charge in [-0.15, -0.1) is 0 Å². The summed E-state index contributed by atoms with van der Waals surface area (Å²) in [6, 6.07) is 6.18. The number of aryl methyl sites for hydroxylation is 1. The van der Waals surface area contributed by atoms with Crippen LogP contribution < -0.4 is 5.73 Å². The standard InChI is InChI=1S/C13H13FN4/c1-8-13(16)9(2)18(17-8)7-11-3-10(6-15)4-12(14)5-11/h3-5H,7,16H2,1-2H3. The van der Waals surface area contributed by atoms with E-state index in [1.165, 1.54) is 12.1 Å². The van der Waals surface area contributed by atoms with Crippen molar-refractivity contribution in [1.29, 1.82) is 5.26 Å². The lowest BCUT2D eigenvalue weighted by Gasteiger charge is -2.05. The van der Waals surface area contributed by atoms with Gasteiger partial charge < -0.3 is 5.73 Å². The molecule has 1 aromatic carbocycles. The Morgan fingerprint density at radius 3 is 2.67 bits per heavy atom. The summed E-state index contributed by atoms with van der Waals surface area (Å²) in [6.45, 7) is 4.08. The van der Waals surface area contributed by atoms with Crippen LogP contribution in [0.2, 0.25) is 0 Å². The van der Waals surface area contributed by atoms with Crippen LogP contribution in [-0.2, 0) is 6.54 Å². The summed E-state index contributed by atoms with van der Waals surface area (Å²) in [5.41, 5.74) is 9.07. The van der Waals surface area contributed by atoms with Crippen molar-refractivity contribution in [3.63, 3.8) is 0 Å². The number of hydrogen-bond donors (Lipinski definition) is 1. The van der Waals surface area contributed by atoms with Gasteiger partial charge in [-0.05, 0) is 37.6 Å². The molecule has 1 heterocycles. The van der Waals surface area contributed by atoms with Crippen LogP contribution in [0.3, 0.4) is 0 Å². The van der Waals surface area contributed by atoms with E-state index >= 15 is 0 Å². The summed E-state index contributed by atoms with van der Waals surface area (Å²) < 4.78 is 15.0. The zero-order chi connectivity index (χ0) is 13.3. The summed E-state index contributed by atoms with van der Waals surface area (Å²) in [5.74, 6) is -0.418. The van der Waals surface area contributed by atoms with Crippen LogP contribution in [0, 0.1) is 31.0 Å². The van der Waals surface area contributed by atoms with Crippen molar-refractivity contribution in [1.82, 2.24) is 9.78 Å². The van der Waals surface area contributed by atoms with Gasteiger partial charge in [0.1, 0.15) is 5.82 Å². The second-order valence-electron chi connectivity index (χ2n) is 4.20. The van der Waals surface area contributed by atoms with E-state index in [0.717, 1.165) is 11.4 Å². The lowest BCUT2D eigenvalue weighted by Crippen LogP contribution is -2.05. The molecular formula is C13H13FN4. The normalized spacial score (nSPS) is 10.3. The van der Waals surface area contributed by atoms with Gasteiger partial charge in [0.2, 0.25) is 0 Å². The van der Waals surface area contributed by atoms with Crippen molar-refractivity contribution in [3.8, 4) is 6.07 Å². The van der Waals surface area contributed by atoms with Gasteiger partial charge >= 0.3 is 0 Å². The molecule has 0 aliphatic rings. The predicted octanol–water partition coefficient (Wildman–Crippen LogP) is 2.14. The molecule has 4 nitrogen and oxygen atoms in total. The summed E-state index contributed by atoms with van der Waals surface area (Å²) in [5, 5.41) is 13.1. The molecule has 2 rings (SSSR count). The van der Waals surface area contributed by atoms with Crippen LogP contribution in [-0.4, -0.2) is 9.78 Å². The van der Waals surface area contributed by atoms with E-state index in [4.69, 9.17) is 11.0 Å². The molecule has 0 aliphatic carbocycles. The summed E-state index contributed by atoms with van der Waals surface area (Å²) in [7, 11) is 0. The van der Waals surface area contributed by atoms with Crippen LogP contribution in [0.1, 0.15) is 22.5 Å². The average molecular weight is 244 g/mol. The van der Waals surface area contributed by atoms with E-state index < -0.39 is 5.82 Å². The molecule has 18 heavy (non-hydrogen) atoms. The summed E-state index contributed by atoms with van der Waals surface area (Å²) in [6.07, 6.45) is 0. The molecule has 0 atom stereocenters. The fraction of sp³-hybridized carbons (Fsp3) is 0.231. The first-order chi connectivity index (χ1) is 8.51. The minimum atomic E-state index is -0.418. The van der Waals surface area contributed by atoms with Gasteiger partial charge in [-0.25, -0.2) is 4.39 Å². The summed E-state index contributed by atoms with van der Waals surface area (Å²) in [4.78, 5) is 0. The molecule has 0 fully saturated rings. The summed E-state index contributed by atoms with van der Waals surface area (Å²) >= 11 is 0. The number of halogens is 1. The number of hydrogen-bond acceptors (Lipinski definition) is 3. The maximum atomic E-state index is 13.3. The third-order valence-electron chi connectivity index (χ3n) is 2.86. The molecule has 0 bridgehead atoms. The maximum Gasteiger partial charge on any atom is 0.124 e. The first-order valence-corrected chi connectivity index (χ1v) is 5.50. The Balaban J connectivity index is 2.37. The van der Waals surface area contributed by atoms with E-state index in [1.807, 2.05) is 19.9 Å². The van der Waals surface area contributed by atoms with E-state index in [2.05, 4.69) is 5.10 Å². The number of anilines is 1. The second kappa shape index (κ2) is 4.49. The molecule has 0 radical (unpaired) electrons. The number of nitrogens with zero attached hydrogens (tertiary/aromatic N) is 3. The van der Waals surface area contributed by atoms with Crippen LogP contribution >= 0.6 is 0 Å². The van der Waals surface area contributed by atoms with Crippen molar-refractivity contribution < 1.29 is 4.39 Å². The largest absolute Gasteiger partial charge is 0.396 e. The fourth-order valence-electron chi connectivity index (χ4n) is 1.84. The lowest BCUT2D eigenvalue weighted by molar-refractivity contribution is 0.615. The third kappa shape index (κ3) is 2.18. The zero-order valence-electron chi connectivity index (χ0n) is 10.2. The molecule has 2 N–H and O–H groups in total. The molecule has 2 aromatic rings. The van der Waals surface area contributed by atoms with Gasteiger partial charge in [0.25, 0.3) is 0 Å². The van der Waals surface area contributed by atoms with Gasteiger partial charge in [-0.3, -0.25) is 4.68 Å². The molecule has 0 spiro atoms. The highest BCUT2D eigenvalue weighted by Crippen LogP contribution is 2.17. The zero-order valence-corrected chi connectivity index (χ0v) is 10.2. The van der Waals surface area contributed by atoms with Crippen LogP contribution in [0.15, 0.2) is 18.2 Å². The van der Waals surface area contributed by atoms with Crippen molar-refractivity contribution in [2.75, 3.05) is 5.73 Å². The first-order valence-electron chi connectivity index (χ1n) is 5.50. The van der Waals surface area contributed by atoms with Crippen LogP contribution in [0.5, 0.6) is 0 Å². The minimum Gasteiger partial charge on any atom is -0.396 e. The highest BCUT2D eigenvalue weighted by atomic mass is 19.1. The van der Waals surface area contributed by atoms with Gasteiger partial charge in [0, 0.05) is 0 Å². The number of aromatic nitrogens is 2. The highest BCUT2D eigenvalue weighted by molar-refractivity contribution is 5.47. The maximum absolute atomic E-state index is 13.3. The second-order valence-corrected chi connectivity index (χ2v) is 4.20. The quantitative estimate of drug-likeness (QED) is 0.880. The average Bonchev–Trinajstić information content (AvgIpc) is 2.56. The number of rotatable bonds is 2. The predicted molar refractivity (Wildman–Crippen MR) is 66.3 cm³/mol. The molecule has 0 unspecified atom stereocenters. The minimum absolute atomic E-state index is 0.305. The van der Waals surface area contributed by atoms with E-state index in [9.17, 15) is 4.39 Å². The van der Waals surface area contributed by atoms with Gasteiger partial charge in [0.05, 0.1) is 35.3 Å². The molecule has 0 saturated heterocycles. The molecule has 0 aliphatic heterocycles. The van der Waals surface area contributed by atoms with Crippen LogP contribution in [0.4, 0.5) is 10.1 Å². The number of nitrogen functional groups attached to an aromatic ring is 1. The van der Waals surface area contributed by atoms with E-state index in [-0.39, 0.29) is 0 Å². The molecular weight excluding hydrogens is 231 g/mol. The van der Waals surface area contributed by atoms with Crippen molar-refractivity contribution >= 4 is 5.69 Å². The SMILES string of the molecule is Cc1nn(Cc2cc(F)cc(C#N)c2)c(C)c1N. The van der Waals surface area contributed by atoms with Crippen LogP contribution in [0.25, 0.3) is 0 Å². The Morgan fingerprint density at radius 2 is 2.11 bits per heavy atom. The fourth-order valence-corrected chi connectivity index (χ4v) is 1.84. The van der Waals surface area contributed by atoms with E-state index in [0.29, 0.717) is 23.4 Å². The Kier molecular flexibility index (Phi) is 3.02. The first kappa shape index (κ1) is 12.1. The Hall–Kier alpha value is -2.35. The smallest absolute Gasteiger partial charge is 0.124 e. The van der Waals surface area contributed by atoms with Crippen molar-refractivity contribution in [3.05, 3.63) is 46.5 Å². The Labute approximate surface area is 104 Å². The number of benzene rings is 1. The third-order valence-corrected chi connectivity index (χ3v) is 2.86. The van der Waals surface area contributed by atoms with E-state index in [1.54, 1.807) is 10.7 Å². The number of nitriles is 1. The topological polar surface area (TPSA) is 67.6 Å². The van der Waals surface area contributed by atoms with Gasteiger partial charge in [-0.2, -0.15) is 10.4 Å². The monoisotopic (exact) mass is 244 g/mol. The van der Waals surface area contributed by atoms with Gasteiger partial charge in [0.15, 0.2) is 0 Å². The van der Waals surface area contributed by atoms with Gasteiger partial charge in [-0.1, -0.05) is 0 Å². The van der Waals surface area contributed by atoms with Crippen molar-refractivity contribution in [2.45, 2.75) is 20.4 Å². The molecule has 1 aromatic heterocycles.